The van der Waals surface area contributed by atoms with E-state index in [0.717, 1.165) is 23.6 Å². The van der Waals surface area contributed by atoms with E-state index in [0.29, 0.717) is 17.9 Å². The number of pyridine rings is 1. The van der Waals surface area contributed by atoms with Gasteiger partial charge in [0.1, 0.15) is 0 Å². The molecule has 0 fully saturated rings. The quantitative estimate of drug-likeness (QED) is 0.304. The number of anilines is 1. The van der Waals surface area contributed by atoms with E-state index in [9.17, 15) is 13.2 Å². The van der Waals surface area contributed by atoms with E-state index in [4.69, 9.17) is 4.74 Å². The lowest BCUT2D eigenvalue weighted by Gasteiger charge is -2.23. The number of hydrogen-bond donors (Lipinski definition) is 0. The van der Waals surface area contributed by atoms with Crippen LogP contribution in [-0.4, -0.2) is 33.0 Å². The summed E-state index contributed by atoms with van der Waals surface area (Å²) in [6, 6.07) is 15.9. The molecule has 0 atom stereocenters. The maximum absolute atomic E-state index is 13.2. The first kappa shape index (κ1) is 21.5. The van der Waals surface area contributed by atoms with Crippen LogP contribution in [0, 0.1) is 0 Å². The van der Waals surface area contributed by atoms with Crippen molar-refractivity contribution in [1.29, 1.82) is 0 Å². The molecular weight excluding hydrogens is 400 g/mol. The van der Waals surface area contributed by atoms with Crippen molar-refractivity contribution in [3.8, 4) is 0 Å². The molecule has 0 saturated carbocycles. The van der Waals surface area contributed by atoms with Gasteiger partial charge < -0.3 is 4.74 Å². The number of carbonyl (C=O) groups is 1. The number of sulfonamides is 1. The fraction of sp³-hybridized carbons (Fsp3) is 0.217. The SMILES string of the molecule is CCCCOC(=O)/C=C/c1ccc2ccccc2c1N(C)S(=O)(=O)c1ccccn1. The molecule has 3 aromatic rings. The molecule has 0 unspecified atom stereocenters. The van der Waals surface area contributed by atoms with Crippen LogP contribution in [0.5, 0.6) is 0 Å². The molecule has 0 radical (unpaired) electrons. The summed E-state index contributed by atoms with van der Waals surface area (Å²) in [4.78, 5) is 16.0. The van der Waals surface area contributed by atoms with Crippen LogP contribution in [0.25, 0.3) is 16.8 Å². The second-order valence-corrected chi connectivity index (χ2v) is 8.64. The van der Waals surface area contributed by atoms with Gasteiger partial charge in [-0.2, -0.15) is 8.42 Å². The number of fused-ring (bicyclic) bond motifs is 1. The normalized spacial score (nSPS) is 11.7. The van der Waals surface area contributed by atoms with Gasteiger partial charge in [-0.3, -0.25) is 4.31 Å². The summed E-state index contributed by atoms with van der Waals surface area (Å²) < 4.78 is 32.7. The Labute approximate surface area is 176 Å². The highest BCUT2D eigenvalue weighted by molar-refractivity contribution is 7.92. The Morgan fingerprint density at radius 1 is 1.10 bits per heavy atom. The molecule has 156 valence electrons. The van der Waals surface area contributed by atoms with Crippen molar-refractivity contribution in [1.82, 2.24) is 4.98 Å². The number of nitrogens with zero attached hydrogens (tertiary/aromatic N) is 2. The highest BCUT2D eigenvalue weighted by Gasteiger charge is 2.25. The van der Waals surface area contributed by atoms with Gasteiger partial charge in [0, 0.05) is 24.7 Å². The number of hydrogen-bond acceptors (Lipinski definition) is 5. The molecule has 30 heavy (non-hydrogen) atoms. The maximum atomic E-state index is 13.2. The third-order valence-corrected chi connectivity index (χ3v) is 6.32. The number of unbranched alkanes of at least 4 members (excludes halogenated alkanes) is 1. The van der Waals surface area contributed by atoms with E-state index in [-0.39, 0.29) is 5.03 Å². The van der Waals surface area contributed by atoms with E-state index in [1.807, 2.05) is 37.3 Å². The van der Waals surface area contributed by atoms with Crippen LogP contribution in [-0.2, 0) is 19.6 Å². The minimum absolute atomic E-state index is 0.0469. The molecule has 0 saturated heterocycles. The first-order valence-corrected chi connectivity index (χ1v) is 11.2. The first-order chi connectivity index (χ1) is 14.4. The third kappa shape index (κ3) is 4.68. The van der Waals surface area contributed by atoms with Crippen molar-refractivity contribution in [2.75, 3.05) is 18.0 Å². The summed E-state index contributed by atoms with van der Waals surface area (Å²) in [5.74, 6) is -0.460. The zero-order chi connectivity index (χ0) is 21.6. The van der Waals surface area contributed by atoms with Crippen LogP contribution in [0.15, 0.2) is 71.9 Å². The summed E-state index contributed by atoms with van der Waals surface area (Å²) in [6.07, 6.45) is 6.08. The van der Waals surface area contributed by atoms with Gasteiger partial charge in [0.15, 0.2) is 5.03 Å². The molecule has 1 aromatic heterocycles. The van der Waals surface area contributed by atoms with Crippen LogP contribution in [0.3, 0.4) is 0 Å². The summed E-state index contributed by atoms with van der Waals surface area (Å²) in [5, 5.41) is 1.59. The minimum atomic E-state index is -3.89. The smallest absolute Gasteiger partial charge is 0.330 e. The van der Waals surface area contributed by atoms with Crippen LogP contribution < -0.4 is 4.31 Å². The molecule has 0 amide bonds. The molecule has 6 nitrogen and oxygen atoms in total. The van der Waals surface area contributed by atoms with Gasteiger partial charge in [0.25, 0.3) is 10.0 Å². The highest BCUT2D eigenvalue weighted by atomic mass is 32.2. The van der Waals surface area contributed by atoms with Crippen molar-refractivity contribution in [2.24, 2.45) is 0 Å². The lowest BCUT2D eigenvalue weighted by atomic mass is 10.0. The van der Waals surface area contributed by atoms with Crippen molar-refractivity contribution < 1.29 is 17.9 Å². The minimum Gasteiger partial charge on any atom is -0.463 e. The topological polar surface area (TPSA) is 76.6 Å². The Kier molecular flexibility index (Phi) is 6.84. The van der Waals surface area contributed by atoms with Gasteiger partial charge in [-0.25, -0.2) is 9.78 Å². The number of aromatic nitrogens is 1. The van der Waals surface area contributed by atoms with Crippen molar-refractivity contribution >= 4 is 38.5 Å². The van der Waals surface area contributed by atoms with Gasteiger partial charge in [-0.1, -0.05) is 55.8 Å². The average Bonchev–Trinajstić information content (AvgIpc) is 2.77. The molecule has 0 aliphatic heterocycles. The predicted octanol–water partition coefficient (Wildman–Crippen LogP) is 4.42. The lowest BCUT2D eigenvalue weighted by Crippen LogP contribution is -2.28. The summed E-state index contributed by atoms with van der Waals surface area (Å²) in [5.41, 5.74) is 1.06. The van der Waals surface area contributed by atoms with Crippen molar-refractivity contribution in [2.45, 2.75) is 24.8 Å². The predicted molar refractivity (Wildman–Crippen MR) is 119 cm³/mol. The molecule has 3 rings (SSSR count). The molecule has 2 aromatic carbocycles. The molecule has 0 N–H and O–H groups in total. The van der Waals surface area contributed by atoms with Gasteiger partial charge in [0.05, 0.1) is 12.3 Å². The number of rotatable bonds is 8. The monoisotopic (exact) mass is 424 g/mol. The van der Waals surface area contributed by atoms with Gasteiger partial charge in [0.2, 0.25) is 0 Å². The molecule has 7 heteroatoms. The van der Waals surface area contributed by atoms with E-state index >= 15 is 0 Å². The van der Waals surface area contributed by atoms with Crippen LogP contribution >= 0.6 is 0 Å². The Hall–Kier alpha value is -3.19. The first-order valence-electron chi connectivity index (χ1n) is 9.71. The molecule has 0 spiro atoms. The molecule has 0 bridgehead atoms. The fourth-order valence-electron chi connectivity index (χ4n) is 3.04. The Bertz CT molecular complexity index is 1160. The van der Waals surface area contributed by atoms with Crippen LogP contribution in [0.4, 0.5) is 5.69 Å². The Balaban J connectivity index is 2.05. The molecule has 0 aliphatic carbocycles. The summed E-state index contributed by atoms with van der Waals surface area (Å²) in [7, 11) is -2.40. The number of carbonyl (C=O) groups excluding carboxylic acids is 1. The third-order valence-electron chi connectivity index (χ3n) is 4.65. The Morgan fingerprint density at radius 2 is 1.87 bits per heavy atom. The number of ether oxygens (including phenoxy) is 1. The largest absolute Gasteiger partial charge is 0.463 e. The zero-order valence-corrected chi connectivity index (χ0v) is 17.8. The zero-order valence-electron chi connectivity index (χ0n) is 17.0. The summed E-state index contributed by atoms with van der Waals surface area (Å²) >= 11 is 0. The van der Waals surface area contributed by atoms with E-state index in [1.165, 1.54) is 29.7 Å². The van der Waals surface area contributed by atoms with Crippen LogP contribution in [0.2, 0.25) is 0 Å². The van der Waals surface area contributed by atoms with Crippen LogP contribution in [0.1, 0.15) is 25.3 Å². The standard InChI is InChI=1S/C23H24N2O4S/c1-3-4-17-29-22(26)15-14-19-13-12-18-9-5-6-10-20(18)23(19)25(2)30(27,28)21-11-7-8-16-24-21/h5-16H,3-4,17H2,1-2H3/b15-14+. The molecule has 0 aliphatic rings. The van der Waals surface area contributed by atoms with E-state index < -0.39 is 16.0 Å². The number of esters is 1. The second kappa shape index (κ2) is 9.54. The molecule has 1 heterocycles. The number of benzene rings is 2. The van der Waals surface area contributed by atoms with E-state index in [2.05, 4.69) is 4.98 Å². The van der Waals surface area contributed by atoms with Crippen molar-refractivity contribution in [3.05, 3.63) is 72.4 Å². The van der Waals surface area contributed by atoms with Gasteiger partial charge >= 0.3 is 5.97 Å². The Morgan fingerprint density at radius 3 is 2.60 bits per heavy atom. The van der Waals surface area contributed by atoms with Crippen molar-refractivity contribution in [3.63, 3.8) is 0 Å². The highest BCUT2D eigenvalue weighted by Crippen LogP contribution is 2.34. The van der Waals surface area contributed by atoms with Gasteiger partial charge in [-0.05, 0) is 35.6 Å². The maximum Gasteiger partial charge on any atom is 0.330 e. The summed E-state index contributed by atoms with van der Waals surface area (Å²) in [6.45, 7) is 2.38. The van der Waals surface area contributed by atoms with E-state index in [1.54, 1.807) is 24.3 Å². The fourth-order valence-corrected chi connectivity index (χ4v) is 4.21. The lowest BCUT2D eigenvalue weighted by molar-refractivity contribution is -0.137. The second-order valence-electron chi connectivity index (χ2n) is 6.72. The average molecular weight is 425 g/mol. The molecular formula is C23H24N2O4S. The van der Waals surface area contributed by atoms with Gasteiger partial charge in [-0.15, -0.1) is 0 Å².